The minimum Gasteiger partial charge on any atom is -0.451 e. The Hall–Kier alpha value is -2.29. The van der Waals surface area contributed by atoms with Gasteiger partial charge < -0.3 is 9.47 Å². The van der Waals surface area contributed by atoms with E-state index in [0.29, 0.717) is 12.7 Å². The molecule has 0 aromatic heterocycles. The maximum atomic E-state index is 5.76. The molecule has 22 heavy (non-hydrogen) atoms. The quantitative estimate of drug-likeness (QED) is 0.602. The van der Waals surface area contributed by atoms with Crippen LogP contribution in [0.15, 0.2) is 65.7 Å². The van der Waals surface area contributed by atoms with Gasteiger partial charge in [0.1, 0.15) is 5.75 Å². The topological polar surface area (TPSA) is 30.8 Å². The normalized spacial score (nSPS) is 12.0. The van der Waals surface area contributed by atoms with Gasteiger partial charge in [-0.25, -0.2) is 4.99 Å². The third-order valence-electron chi connectivity index (χ3n) is 3.09. The van der Waals surface area contributed by atoms with Gasteiger partial charge in [-0.1, -0.05) is 48.5 Å². The third kappa shape index (κ3) is 5.24. The van der Waals surface area contributed by atoms with E-state index >= 15 is 0 Å². The van der Waals surface area contributed by atoms with Gasteiger partial charge in [0, 0.05) is 0 Å². The maximum Gasteiger partial charge on any atom is 0.389 e. The number of aliphatic imine (C=N–C) groups is 1. The van der Waals surface area contributed by atoms with Crippen LogP contribution in [0.4, 0.5) is 0 Å². The molecule has 0 fully saturated rings. The van der Waals surface area contributed by atoms with Gasteiger partial charge >= 0.3 is 6.08 Å². The second kappa shape index (κ2) is 7.64. The summed E-state index contributed by atoms with van der Waals surface area (Å²) in [4.78, 5) is 4.66. The molecule has 3 nitrogen and oxygen atoms in total. The van der Waals surface area contributed by atoms with E-state index in [9.17, 15) is 0 Å². The summed E-state index contributed by atoms with van der Waals surface area (Å²) in [5, 5.41) is 0. The first kappa shape index (κ1) is 16.1. The Labute approximate surface area is 132 Å². The average molecular weight is 297 g/mol. The molecule has 3 heteroatoms. The van der Waals surface area contributed by atoms with E-state index < -0.39 is 0 Å². The lowest BCUT2D eigenvalue weighted by atomic mass is 9.96. The zero-order chi connectivity index (χ0) is 15.8. The average Bonchev–Trinajstić information content (AvgIpc) is 2.48. The molecule has 0 aliphatic carbocycles. The van der Waals surface area contributed by atoms with Crippen LogP contribution in [0.5, 0.6) is 5.75 Å². The van der Waals surface area contributed by atoms with E-state index in [2.05, 4.69) is 31.0 Å². The summed E-state index contributed by atoms with van der Waals surface area (Å²) in [5.41, 5.74) is 0.937. The van der Waals surface area contributed by atoms with Crippen LogP contribution < -0.4 is 4.74 Å². The Morgan fingerprint density at radius 1 is 0.955 bits per heavy atom. The van der Waals surface area contributed by atoms with Crippen molar-refractivity contribution in [1.82, 2.24) is 0 Å². The lowest BCUT2D eigenvalue weighted by Crippen LogP contribution is -2.26. The monoisotopic (exact) mass is 297 g/mol. The van der Waals surface area contributed by atoms with Crippen molar-refractivity contribution in [3.05, 3.63) is 66.2 Å². The molecule has 0 spiro atoms. The second-order valence-electron chi connectivity index (χ2n) is 5.70. The van der Waals surface area contributed by atoms with Crippen LogP contribution >= 0.6 is 0 Å². The summed E-state index contributed by atoms with van der Waals surface area (Å²) < 4.78 is 11.3. The summed E-state index contributed by atoms with van der Waals surface area (Å²) in [6.07, 6.45) is 1.14. The van der Waals surface area contributed by atoms with Gasteiger partial charge in [0.25, 0.3) is 0 Å². The van der Waals surface area contributed by atoms with Crippen LogP contribution in [0.1, 0.15) is 26.3 Å². The fourth-order valence-corrected chi connectivity index (χ4v) is 2.18. The van der Waals surface area contributed by atoms with Gasteiger partial charge in [-0.3, -0.25) is 0 Å². The van der Waals surface area contributed by atoms with E-state index in [1.165, 1.54) is 5.56 Å². The number of nitrogens with zero attached hydrogens (tertiary/aromatic N) is 1. The van der Waals surface area contributed by atoms with E-state index in [1.807, 2.05) is 55.5 Å². The number of benzene rings is 2. The molecule has 2 aromatic carbocycles. The molecule has 0 heterocycles. The zero-order valence-electron chi connectivity index (χ0n) is 13.5. The lowest BCUT2D eigenvalue weighted by molar-refractivity contribution is 0.242. The Bertz CT molecular complexity index is 591. The smallest absolute Gasteiger partial charge is 0.389 e. The Morgan fingerprint density at radius 2 is 1.55 bits per heavy atom. The van der Waals surface area contributed by atoms with E-state index in [-0.39, 0.29) is 5.54 Å². The molecular formula is C19H23NO2. The van der Waals surface area contributed by atoms with Crippen molar-refractivity contribution in [1.29, 1.82) is 0 Å². The molecule has 0 aliphatic rings. The summed E-state index contributed by atoms with van der Waals surface area (Å²) in [7, 11) is 0. The Morgan fingerprint density at radius 3 is 2.14 bits per heavy atom. The number of hydrogen-bond acceptors (Lipinski definition) is 3. The fourth-order valence-electron chi connectivity index (χ4n) is 2.18. The summed E-state index contributed by atoms with van der Waals surface area (Å²) >= 11 is 0. The van der Waals surface area contributed by atoms with Crippen molar-refractivity contribution in [2.75, 3.05) is 6.61 Å². The highest BCUT2D eigenvalue weighted by molar-refractivity contribution is 5.70. The molecule has 2 rings (SSSR count). The first-order chi connectivity index (χ1) is 10.6. The number of hydrogen-bond donors (Lipinski definition) is 0. The van der Waals surface area contributed by atoms with Crippen LogP contribution in [-0.2, 0) is 11.2 Å². The molecule has 0 amide bonds. The molecule has 0 aliphatic heterocycles. The first-order valence-corrected chi connectivity index (χ1v) is 7.58. The Kier molecular flexibility index (Phi) is 5.59. The zero-order valence-corrected chi connectivity index (χ0v) is 13.5. The van der Waals surface area contributed by atoms with Crippen LogP contribution in [0, 0.1) is 0 Å². The molecule has 2 aromatic rings. The van der Waals surface area contributed by atoms with Gasteiger partial charge in [-0.2, -0.15) is 0 Å². The summed E-state index contributed by atoms with van der Waals surface area (Å²) in [5.74, 6) is 0.727. The van der Waals surface area contributed by atoms with Crippen molar-refractivity contribution in [3.63, 3.8) is 0 Å². The predicted octanol–water partition coefficient (Wildman–Crippen LogP) is 4.48. The maximum absolute atomic E-state index is 5.76. The van der Waals surface area contributed by atoms with Gasteiger partial charge in [0.15, 0.2) is 0 Å². The minimum absolute atomic E-state index is 0.305. The third-order valence-corrected chi connectivity index (χ3v) is 3.09. The highest BCUT2D eigenvalue weighted by atomic mass is 16.7. The SMILES string of the molecule is CCOC(=NC(C)(C)Cc1ccccc1)Oc1ccccc1. The van der Waals surface area contributed by atoms with Crippen molar-refractivity contribution < 1.29 is 9.47 Å². The van der Waals surface area contributed by atoms with Crippen LogP contribution in [0.2, 0.25) is 0 Å². The largest absolute Gasteiger partial charge is 0.451 e. The number of rotatable bonds is 5. The van der Waals surface area contributed by atoms with Crippen molar-refractivity contribution in [3.8, 4) is 5.75 Å². The lowest BCUT2D eigenvalue weighted by Gasteiger charge is -2.21. The molecule has 0 bridgehead atoms. The predicted molar refractivity (Wildman–Crippen MR) is 90.4 cm³/mol. The number of para-hydroxylation sites is 1. The molecule has 0 radical (unpaired) electrons. The summed E-state index contributed by atoms with van der Waals surface area (Å²) in [6.45, 7) is 6.60. The van der Waals surface area contributed by atoms with E-state index in [1.54, 1.807) is 0 Å². The van der Waals surface area contributed by atoms with Gasteiger partial charge in [0.05, 0.1) is 12.1 Å². The molecular weight excluding hydrogens is 274 g/mol. The Balaban J connectivity index is 2.13. The van der Waals surface area contributed by atoms with Gasteiger partial charge in [-0.15, -0.1) is 0 Å². The highest BCUT2D eigenvalue weighted by Crippen LogP contribution is 2.18. The first-order valence-electron chi connectivity index (χ1n) is 7.58. The van der Waals surface area contributed by atoms with E-state index in [0.717, 1.165) is 12.2 Å². The van der Waals surface area contributed by atoms with Crippen LogP contribution in [0.25, 0.3) is 0 Å². The standard InChI is InChI=1S/C19H23NO2/c1-4-21-18(22-17-13-9-6-10-14-17)20-19(2,3)15-16-11-7-5-8-12-16/h5-14H,4,15H2,1-3H3. The molecule has 0 N–H and O–H groups in total. The second-order valence-corrected chi connectivity index (χ2v) is 5.70. The van der Waals surface area contributed by atoms with Crippen molar-refractivity contribution >= 4 is 6.08 Å². The van der Waals surface area contributed by atoms with Gasteiger partial charge in [0.2, 0.25) is 0 Å². The molecule has 116 valence electrons. The summed E-state index contributed by atoms with van der Waals surface area (Å²) in [6, 6.07) is 19.9. The van der Waals surface area contributed by atoms with Crippen LogP contribution in [-0.4, -0.2) is 18.2 Å². The fraction of sp³-hybridized carbons (Fsp3) is 0.316. The highest BCUT2D eigenvalue weighted by Gasteiger charge is 2.20. The molecule has 0 unspecified atom stereocenters. The van der Waals surface area contributed by atoms with Crippen molar-refractivity contribution in [2.45, 2.75) is 32.7 Å². The van der Waals surface area contributed by atoms with E-state index in [4.69, 9.17) is 9.47 Å². The number of ether oxygens (including phenoxy) is 2. The minimum atomic E-state index is -0.305. The van der Waals surface area contributed by atoms with Crippen molar-refractivity contribution in [2.24, 2.45) is 4.99 Å². The molecule has 0 saturated carbocycles. The van der Waals surface area contributed by atoms with Gasteiger partial charge in [-0.05, 0) is 44.9 Å². The molecule has 0 saturated heterocycles. The van der Waals surface area contributed by atoms with Crippen LogP contribution in [0.3, 0.4) is 0 Å². The molecule has 0 atom stereocenters.